The Balaban J connectivity index is 1.58. The van der Waals surface area contributed by atoms with Gasteiger partial charge in [0, 0.05) is 25.5 Å². The standard InChI is InChI=1S/C13H15N5O/c14-10-4-1-5-11-12(10)17-13(19-11)15-6-2-8-18-9-3-7-16-18/h1,3-5,7,9H,2,6,8,14H2,(H,15,17). The first-order chi connectivity index (χ1) is 9.33. The van der Waals surface area contributed by atoms with E-state index in [1.165, 1.54) is 0 Å². The Labute approximate surface area is 110 Å². The highest BCUT2D eigenvalue weighted by atomic mass is 16.4. The molecule has 0 saturated carbocycles. The fourth-order valence-electron chi connectivity index (χ4n) is 1.91. The molecule has 0 aliphatic rings. The molecule has 0 atom stereocenters. The lowest BCUT2D eigenvalue weighted by molar-refractivity contribution is 0.576. The maximum atomic E-state index is 5.83. The Bertz CT molecular complexity index is 659. The topological polar surface area (TPSA) is 81.9 Å². The van der Waals surface area contributed by atoms with Crippen molar-refractivity contribution in [3.8, 4) is 0 Å². The zero-order valence-electron chi connectivity index (χ0n) is 10.4. The van der Waals surface area contributed by atoms with E-state index in [0.717, 1.165) is 19.5 Å². The van der Waals surface area contributed by atoms with E-state index in [1.807, 2.05) is 35.1 Å². The molecule has 6 nitrogen and oxygen atoms in total. The zero-order chi connectivity index (χ0) is 13.1. The molecule has 3 rings (SSSR count). The van der Waals surface area contributed by atoms with E-state index in [4.69, 9.17) is 10.2 Å². The van der Waals surface area contributed by atoms with Crippen LogP contribution in [-0.4, -0.2) is 21.3 Å². The van der Waals surface area contributed by atoms with Crippen molar-refractivity contribution in [3.63, 3.8) is 0 Å². The molecule has 2 heterocycles. The van der Waals surface area contributed by atoms with Gasteiger partial charge in [0.05, 0.1) is 5.69 Å². The maximum Gasteiger partial charge on any atom is 0.295 e. The lowest BCUT2D eigenvalue weighted by atomic mass is 10.3. The van der Waals surface area contributed by atoms with Crippen LogP contribution in [0.4, 0.5) is 11.7 Å². The van der Waals surface area contributed by atoms with Crippen LogP contribution >= 0.6 is 0 Å². The van der Waals surface area contributed by atoms with Crippen molar-refractivity contribution in [1.29, 1.82) is 0 Å². The van der Waals surface area contributed by atoms with E-state index in [-0.39, 0.29) is 0 Å². The number of anilines is 2. The molecule has 3 N–H and O–H groups in total. The van der Waals surface area contributed by atoms with Gasteiger partial charge in [0.25, 0.3) is 6.01 Å². The minimum Gasteiger partial charge on any atom is -0.423 e. The second-order valence-corrected chi connectivity index (χ2v) is 4.26. The van der Waals surface area contributed by atoms with Gasteiger partial charge in [-0.1, -0.05) is 6.07 Å². The molecule has 0 bridgehead atoms. The molecule has 19 heavy (non-hydrogen) atoms. The molecule has 0 fully saturated rings. The summed E-state index contributed by atoms with van der Waals surface area (Å²) in [6.45, 7) is 1.63. The molecule has 1 aromatic carbocycles. The highest BCUT2D eigenvalue weighted by molar-refractivity contribution is 5.86. The summed E-state index contributed by atoms with van der Waals surface area (Å²) >= 11 is 0. The number of oxazole rings is 1. The number of para-hydroxylation sites is 1. The third kappa shape index (κ3) is 2.52. The van der Waals surface area contributed by atoms with E-state index < -0.39 is 0 Å². The number of fused-ring (bicyclic) bond motifs is 1. The van der Waals surface area contributed by atoms with Gasteiger partial charge in [0.1, 0.15) is 5.52 Å². The largest absolute Gasteiger partial charge is 0.423 e. The van der Waals surface area contributed by atoms with Gasteiger partial charge in [-0.05, 0) is 24.6 Å². The van der Waals surface area contributed by atoms with E-state index in [2.05, 4.69) is 15.4 Å². The molecule has 3 aromatic rings. The van der Waals surface area contributed by atoms with Crippen molar-refractivity contribution in [2.45, 2.75) is 13.0 Å². The SMILES string of the molecule is Nc1cccc2oc(NCCCn3cccn3)nc12. The molecule has 6 heteroatoms. The number of nitrogens with zero attached hydrogens (tertiary/aromatic N) is 3. The molecule has 0 aliphatic heterocycles. The number of nitrogens with one attached hydrogen (secondary N) is 1. The predicted octanol–water partition coefficient (Wildman–Crippen LogP) is 2.11. The summed E-state index contributed by atoms with van der Waals surface area (Å²) in [6, 6.07) is 7.94. The van der Waals surface area contributed by atoms with Gasteiger partial charge >= 0.3 is 0 Å². The monoisotopic (exact) mass is 257 g/mol. The average molecular weight is 257 g/mol. The van der Waals surface area contributed by atoms with Crippen LogP contribution in [0.2, 0.25) is 0 Å². The van der Waals surface area contributed by atoms with E-state index in [1.54, 1.807) is 6.20 Å². The lowest BCUT2D eigenvalue weighted by Crippen LogP contribution is -2.07. The summed E-state index contributed by atoms with van der Waals surface area (Å²) in [4.78, 5) is 4.32. The number of rotatable bonds is 5. The first kappa shape index (κ1) is 11.6. The minimum absolute atomic E-state index is 0.508. The third-order valence-corrected chi connectivity index (χ3v) is 2.85. The smallest absolute Gasteiger partial charge is 0.295 e. The summed E-state index contributed by atoms with van der Waals surface area (Å²) in [7, 11) is 0. The zero-order valence-corrected chi connectivity index (χ0v) is 10.4. The molecule has 0 spiro atoms. The summed E-state index contributed by atoms with van der Waals surface area (Å²) in [5, 5.41) is 7.29. The Morgan fingerprint density at radius 1 is 1.32 bits per heavy atom. The van der Waals surface area contributed by atoms with Crippen LogP contribution in [0.3, 0.4) is 0 Å². The number of aryl methyl sites for hydroxylation is 1. The van der Waals surface area contributed by atoms with Crippen molar-refractivity contribution < 1.29 is 4.42 Å². The van der Waals surface area contributed by atoms with Crippen LogP contribution < -0.4 is 11.1 Å². The summed E-state index contributed by atoms with van der Waals surface area (Å²) < 4.78 is 7.46. The first-order valence-corrected chi connectivity index (χ1v) is 6.19. The van der Waals surface area contributed by atoms with Gasteiger partial charge < -0.3 is 15.5 Å². The minimum atomic E-state index is 0.508. The quantitative estimate of drug-likeness (QED) is 0.540. The van der Waals surface area contributed by atoms with Gasteiger partial charge in [0.2, 0.25) is 0 Å². The molecule has 0 amide bonds. The first-order valence-electron chi connectivity index (χ1n) is 6.19. The molecule has 2 aromatic heterocycles. The number of nitrogens with two attached hydrogens (primary N) is 1. The van der Waals surface area contributed by atoms with Gasteiger partial charge in [0.15, 0.2) is 5.58 Å². The van der Waals surface area contributed by atoms with Gasteiger partial charge in [-0.25, -0.2) is 0 Å². The summed E-state index contributed by atoms with van der Waals surface area (Å²) in [5.41, 5.74) is 7.87. The maximum absolute atomic E-state index is 5.83. The summed E-state index contributed by atoms with van der Waals surface area (Å²) in [5.74, 6) is 0. The number of aromatic nitrogens is 3. The Hall–Kier alpha value is -2.50. The number of benzene rings is 1. The highest BCUT2D eigenvalue weighted by Gasteiger charge is 2.06. The van der Waals surface area contributed by atoms with Crippen LogP contribution in [-0.2, 0) is 6.54 Å². The van der Waals surface area contributed by atoms with Crippen LogP contribution in [0.25, 0.3) is 11.1 Å². The number of hydrogen-bond acceptors (Lipinski definition) is 5. The van der Waals surface area contributed by atoms with Crippen molar-refractivity contribution >= 4 is 22.8 Å². The molecule has 0 saturated heterocycles. The van der Waals surface area contributed by atoms with Crippen LogP contribution in [0.5, 0.6) is 0 Å². The number of nitrogen functional groups attached to an aromatic ring is 1. The molecule has 0 aliphatic carbocycles. The molecule has 0 unspecified atom stereocenters. The Kier molecular flexibility index (Phi) is 3.06. The molecular weight excluding hydrogens is 242 g/mol. The Morgan fingerprint density at radius 3 is 3.05 bits per heavy atom. The molecule has 98 valence electrons. The summed E-state index contributed by atoms with van der Waals surface area (Å²) in [6.07, 6.45) is 4.66. The second-order valence-electron chi connectivity index (χ2n) is 4.26. The lowest BCUT2D eigenvalue weighted by Gasteiger charge is -2.01. The van der Waals surface area contributed by atoms with Crippen molar-refractivity contribution in [3.05, 3.63) is 36.7 Å². The van der Waals surface area contributed by atoms with E-state index >= 15 is 0 Å². The van der Waals surface area contributed by atoms with Crippen LogP contribution in [0.15, 0.2) is 41.1 Å². The van der Waals surface area contributed by atoms with Gasteiger partial charge in [-0.2, -0.15) is 10.1 Å². The third-order valence-electron chi connectivity index (χ3n) is 2.85. The van der Waals surface area contributed by atoms with Gasteiger partial charge in [-0.3, -0.25) is 4.68 Å². The van der Waals surface area contributed by atoms with Crippen molar-refractivity contribution in [2.24, 2.45) is 0 Å². The fourth-order valence-corrected chi connectivity index (χ4v) is 1.91. The predicted molar refractivity (Wildman–Crippen MR) is 73.8 cm³/mol. The fraction of sp³-hybridized carbons (Fsp3) is 0.231. The highest BCUT2D eigenvalue weighted by Crippen LogP contribution is 2.23. The van der Waals surface area contributed by atoms with Crippen LogP contribution in [0.1, 0.15) is 6.42 Å². The molecule has 0 radical (unpaired) electrons. The number of hydrogen-bond donors (Lipinski definition) is 2. The van der Waals surface area contributed by atoms with Gasteiger partial charge in [-0.15, -0.1) is 0 Å². The van der Waals surface area contributed by atoms with E-state index in [0.29, 0.717) is 22.8 Å². The van der Waals surface area contributed by atoms with Crippen molar-refractivity contribution in [2.75, 3.05) is 17.6 Å². The van der Waals surface area contributed by atoms with E-state index in [9.17, 15) is 0 Å². The normalized spacial score (nSPS) is 10.9. The molecular formula is C13H15N5O. The van der Waals surface area contributed by atoms with Crippen LogP contribution in [0, 0.1) is 0 Å². The Morgan fingerprint density at radius 2 is 2.26 bits per heavy atom. The van der Waals surface area contributed by atoms with Crippen molar-refractivity contribution in [1.82, 2.24) is 14.8 Å². The average Bonchev–Trinajstić information content (AvgIpc) is 3.04. The second kappa shape index (κ2) is 5.01.